The number of aliphatic hydroxyl groups excluding tert-OH is 1. The SMILES string of the molecule is CN(C)Cc1ccc2c(c1)C(NC[C@@H](O)[C@H](CC1CC(F)C[C@@H](F)C1)NC(=O)Nc1ccccc1)CCO2. The van der Waals surface area contributed by atoms with Crippen LogP contribution in [0.25, 0.3) is 0 Å². The van der Waals surface area contributed by atoms with Gasteiger partial charge in [-0.3, -0.25) is 0 Å². The van der Waals surface area contributed by atoms with E-state index in [4.69, 9.17) is 4.74 Å². The summed E-state index contributed by atoms with van der Waals surface area (Å²) in [6.45, 7) is 1.58. The predicted octanol–water partition coefficient (Wildman–Crippen LogP) is 4.58. The second-order valence-electron chi connectivity index (χ2n) is 10.8. The standard InChI is InChI=1S/C29H40F2N4O3/c1-35(2)18-19-8-9-28-24(14-19)25(10-11-38-28)32-17-27(36)26(15-20-12-21(30)16-22(31)13-20)34-29(37)33-23-6-4-3-5-7-23/h3-9,14,20-22,25-27,32,36H,10-13,15-18H2,1-2H3,(H2,33,34,37)/t20?,21-,22?,25?,26-,27+/m0/s1. The van der Waals surface area contributed by atoms with Gasteiger partial charge in [0.15, 0.2) is 0 Å². The number of para-hydroxylation sites is 1. The number of urea groups is 1. The Balaban J connectivity index is 1.42. The number of fused-ring (bicyclic) bond motifs is 1. The summed E-state index contributed by atoms with van der Waals surface area (Å²) in [7, 11) is 4.04. The number of aliphatic hydroxyl groups is 1. The van der Waals surface area contributed by atoms with Crippen LogP contribution in [0.1, 0.15) is 49.3 Å². The normalized spacial score (nSPS) is 24.7. The molecule has 6 atom stereocenters. The number of alkyl halides is 2. The largest absolute Gasteiger partial charge is 0.493 e. The fourth-order valence-corrected chi connectivity index (χ4v) is 5.54. The van der Waals surface area contributed by atoms with Crippen molar-refractivity contribution in [2.75, 3.05) is 32.6 Å². The van der Waals surface area contributed by atoms with Crippen molar-refractivity contribution in [3.05, 3.63) is 59.7 Å². The summed E-state index contributed by atoms with van der Waals surface area (Å²) in [6, 6.07) is 14.0. The molecule has 4 rings (SSSR count). The molecule has 1 heterocycles. The molecule has 2 aromatic rings. The van der Waals surface area contributed by atoms with Gasteiger partial charge in [-0.2, -0.15) is 0 Å². The van der Waals surface area contributed by atoms with E-state index in [1.807, 2.05) is 38.4 Å². The van der Waals surface area contributed by atoms with Gasteiger partial charge in [-0.25, -0.2) is 13.6 Å². The zero-order chi connectivity index (χ0) is 27.1. The van der Waals surface area contributed by atoms with Crippen molar-refractivity contribution < 1.29 is 23.4 Å². The average molecular weight is 531 g/mol. The predicted molar refractivity (Wildman–Crippen MR) is 145 cm³/mol. The van der Waals surface area contributed by atoms with Crippen molar-refractivity contribution >= 4 is 11.7 Å². The second-order valence-corrected chi connectivity index (χ2v) is 10.8. The lowest BCUT2D eigenvalue weighted by Gasteiger charge is -2.34. The first kappa shape index (κ1) is 28.3. The Morgan fingerprint density at radius 2 is 1.84 bits per heavy atom. The van der Waals surface area contributed by atoms with Crippen molar-refractivity contribution in [2.24, 2.45) is 5.92 Å². The molecule has 0 aromatic heterocycles. The van der Waals surface area contributed by atoms with E-state index in [0.29, 0.717) is 18.7 Å². The molecule has 0 spiro atoms. The lowest BCUT2D eigenvalue weighted by Crippen LogP contribution is -2.50. The Hall–Kier alpha value is -2.75. The van der Waals surface area contributed by atoms with Gasteiger partial charge in [0.1, 0.15) is 18.1 Å². The summed E-state index contributed by atoms with van der Waals surface area (Å²) in [5, 5.41) is 20.3. The Morgan fingerprint density at radius 3 is 2.55 bits per heavy atom. The number of rotatable bonds is 10. The van der Waals surface area contributed by atoms with Crippen LogP contribution in [0.4, 0.5) is 19.3 Å². The third kappa shape index (κ3) is 8.12. The van der Waals surface area contributed by atoms with Gasteiger partial charge in [-0.15, -0.1) is 0 Å². The van der Waals surface area contributed by atoms with E-state index in [0.717, 1.165) is 24.3 Å². The molecule has 2 aromatic carbocycles. The van der Waals surface area contributed by atoms with Crippen molar-refractivity contribution in [1.29, 1.82) is 0 Å². The Kier molecular flexibility index (Phi) is 9.93. The molecule has 9 heteroatoms. The Bertz CT molecular complexity index is 1030. The fraction of sp³-hybridized carbons (Fsp3) is 0.552. The first-order valence-electron chi connectivity index (χ1n) is 13.5. The highest BCUT2D eigenvalue weighted by atomic mass is 19.1. The molecule has 1 fully saturated rings. The molecule has 0 radical (unpaired) electrons. The third-order valence-electron chi connectivity index (χ3n) is 7.28. The molecule has 7 nitrogen and oxygen atoms in total. The van der Waals surface area contributed by atoms with E-state index in [1.165, 1.54) is 5.56 Å². The van der Waals surface area contributed by atoms with Gasteiger partial charge < -0.3 is 30.7 Å². The highest BCUT2D eigenvalue weighted by Gasteiger charge is 2.33. The summed E-state index contributed by atoms with van der Waals surface area (Å²) >= 11 is 0. The zero-order valence-corrected chi connectivity index (χ0v) is 22.2. The second kappa shape index (κ2) is 13.4. The van der Waals surface area contributed by atoms with Gasteiger partial charge >= 0.3 is 6.03 Å². The van der Waals surface area contributed by atoms with Crippen LogP contribution in [0.5, 0.6) is 5.75 Å². The number of nitrogens with one attached hydrogen (secondary N) is 3. The maximum absolute atomic E-state index is 14.1. The number of ether oxygens (including phenoxy) is 1. The minimum atomic E-state index is -1.20. The van der Waals surface area contributed by atoms with Crippen LogP contribution in [0.2, 0.25) is 0 Å². The van der Waals surface area contributed by atoms with Crippen molar-refractivity contribution in [1.82, 2.24) is 15.5 Å². The molecule has 4 N–H and O–H groups in total. The number of anilines is 1. The quantitative estimate of drug-likeness (QED) is 0.361. The molecular formula is C29H40F2N4O3. The van der Waals surface area contributed by atoms with Crippen LogP contribution < -0.4 is 20.7 Å². The van der Waals surface area contributed by atoms with Gasteiger partial charge in [0.2, 0.25) is 0 Å². The molecule has 0 saturated heterocycles. The van der Waals surface area contributed by atoms with Gasteiger partial charge in [-0.05, 0) is 69.1 Å². The number of benzene rings is 2. The topological polar surface area (TPSA) is 85.9 Å². The highest BCUT2D eigenvalue weighted by molar-refractivity contribution is 5.89. The summed E-state index contributed by atoms with van der Waals surface area (Å²) in [5.74, 6) is 0.565. The highest BCUT2D eigenvalue weighted by Crippen LogP contribution is 2.34. The van der Waals surface area contributed by atoms with E-state index in [-0.39, 0.29) is 37.8 Å². The van der Waals surface area contributed by atoms with E-state index < -0.39 is 30.5 Å². The van der Waals surface area contributed by atoms with E-state index in [1.54, 1.807) is 12.1 Å². The summed E-state index contributed by atoms with van der Waals surface area (Å²) < 4.78 is 34.0. The van der Waals surface area contributed by atoms with Gasteiger partial charge in [0.05, 0.1) is 18.8 Å². The minimum Gasteiger partial charge on any atom is -0.493 e. The fourth-order valence-electron chi connectivity index (χ4n) is 5.54. The van der Waals surface area contributed by atoms with Gasteiger partial charge in [0, 0.05) is 43.2 Å². The number of nitrogens with zero attached hydrogens (tertiary/aromatic N) is 1. The van der Waals surface area contributed by atoms with E-state index in [2.05, 4.69) is 33.0 Å². The summed E-state index contributed by atoms with van der Waals surface area (Å²) in [5.41, 5.74) is 2.83. The number of hydrogen-bond donors (Lipinski definition) is 4. The Morgan fingerprint density at radius 1 is 1.11 bits per heavy atom. The molecule has 1 aliphatic carbocycles. The van der Waals surface area contributed by atoms with Crippen LogP contribution in [0, 0.1) is 5.92 Å². The minimum absolute atomic E-state index is 0.0190. The lowest BCUT2D eigenvalue weighted by molar-refractivity contribution is 0.0758. The van der Waals surface area contributed by atoms with Crippen LogP contribution >= 0.6 is 0 Å². The van der Waals surface area contributed by atoms with Crippen LogP contribution in [-0.2, 0) is 6.54 Å². The zero-order valence-electron chi connectivity index (χ0n) is 22.2. The molecule has 0 bridgehead atoms. The van der Waals surface area contributed by atoms with Crippen molar-refractivity contribution in [3.8, 4) is 5.75 Å². The number of hydrogen-bond acceptors (Lipinski definition) is 5. The van der Waals surface area contributed by atoms with E-state index in [9.17, 15) is 18.7 Å². The maximum atomic E-state index is 14.1. The smallest absolute Gasteiger partial charge is 0.319 e. The molecule has 38 heavy (non-hydrogen) atoms. The molecule has 2 aliphatic rings. The van der Waals surface area contributed by atoms with Crippen LogP contribution in [-0.4, -0.2) is 67.8 Å². The number of carbonyl (C=O) groups is 1. The molecular weight excluding hydrogens is 490 g/mol. The van der Waals surface area contributed by atoms with Crippen LogP contribution in [0.15, 0.2) is 48.5 Å². The number of halogens is 2. The van der Waals surface area contributed by atoms with Crippen molar-refractivity contribution in [2.45, 2.75) is 69.2 Å². The third-order valence-corrected chi connectivity index (χ3v) is 7.28. The van der Waals surface area contributed by atoms with Crippen molar-refractivity contribution in [3.63, 3.8) is 0 Å². The first-order chi connectivity index (χ1) is 18.3. The molecule has 1 saturated carbocycles. The summed E-state index contributed by atoms with van der Waals surface area (Å²) in [6.07, 6.45) is -1.92. The van der Waals surface area contributed by atoms with Gasteiger partial charge in [-0.1, -0.05) is 24.3 Å². The average Bonchev–Trinajstić information content (AvgIpc) is 2.86. The summed E-state index contributed by atoms with van der Waals surface area (Å²) in [4.78, 5) is 14.9. The van der Waals surface area contributed by atoms with E-state index >= 15 is 0 Å². The van der Waals surface area contributed by atoms with Crippen LogP contribution in [0.3, 0.4) is 0 Å². The Labute approximate surface area is 223 Å². The lowest BCUT2D eigenvalue weighted by atomic mass is 9.82. The number of amides is 2. The number of carbonyl (C=O) groups excluding carboxylic acids is 1. The molecule has 208 valence electrons. The maximum Gasteiger partial charge on any atom is 0.319 e. The molecule has 3 unspecified atom stereocenters. The molecule has 1 aliphatic heterocycles. The first-order valence-corrected chi connectivity index (χ1v) is 13.5. The monoisotopic (exact) mass is 530 g/mol. The molecule has 2 amide bonds. The van der Waals surface area contributed by atoms with Gasteiger partial charge in [0.25, 0.3) is 0 Å².